The first-order chi connectivity index (χ1) is 29.5. The van der Waals surface area contributed by atoms with Crippen LogP contribution in [0.25, 0.3) is 0 Å². The summed E-state index contributed by atoms with van der Waals surface area (Å²) in [5.41, 5.74) is -3.77. The van der Waals surface area contributed by atoms with Gasteiger partial charge in [0, 0.05) is 24.0 Å². The van der Waals surface area contributed by atoms with Crippen LogP contribution in [-0.2, 0) is 19.1 Å². The SMILES string of the molecule is C=C(CC(F)(F)C(F)(F)C(F)(F)C(F)(F)C(F)(F)C(F)(F)C(F)(F)C(F)(F)C(F)(F)F)C(=O)OCC.C=C(CC(F)(F)C(F)(F)C(F)(F)C(F)(F)C(F)(F)C(F)(F)C(F)(F)C(F)(F)F)C(=O)OCC. The average Bonchev–Trinajstić information content (AvgIpc) is 3.12. The van der Waals surface area contributed by atoms with Crippen molar-refractivity contribution in [3.05, 3.63) is 24.3 Å². The fourth-order valence-electron chi connectivity index (χ4n) is 3.96. The molecule has 0 rings (SSSR count). The van der Waals surface area contributed by atoms with E-state index in [1.54, 1.807) is 0 Å². The van der Waals surface area contributed by atoms with Gasteiger partial charge in [-0.15, -0.1) is 0 Å². The van der Waals surface area contributed by atoms with Crippen LogP contribution in [0.2, 0.25) is 0 Å². The summed E-state index contributed by atoms with van der Waals surface area (Å²) in [6.45, 7) is 5.22. The van der Waals surface area contributed by atoms with Crippen LogP contribution in [0.5, 0.6) is 0 Å². The molecule has 0 fully saturated rings. The molecule has 4 nitrogen and oxygen atoms in total. The van der Waals surface area contributed by atoms with Crippen LogP contribution in [0.15, 0.2) is 24.3 Å². The smallest absolute Gasteiger partial charge is 0.460 e. The predicted molar refractivity (Wildman–Crippen MR) is 147 cm³/mol. The Hall–Kier alpha value is -4.10. The first kappa shape index (κ1) is 67.0. The van der Waals surface area contributed by atoms with Crippen molar-refractivity contribution >= 4 is 11.9 Å². The number of carbonyl (C=O) groups is 2. The van der Waals surface area contributed by atoms with Gasteiger partial charge in [-0.2, -0.15) is 158 Å². The molecule has 0 aromatic carbocycles. The summed E-state index contributed by atoms with van der Waals surface area (Å²) < 4.78 is 480. The van der Waals surface area contributed by atoms with Crippen LogP contribution >= 0.6 is 0 Å². The summed E-state index contributed by atoms with van der Waals surface area (Å²) in [7, 11) is 0. The van der Waals surface area contributed by atoms with Crippen molar-refractivity contribution in [1.29, 1.82) is 0 Å². The number of carbonyl (C=O) groups excluding carboxylic acids is 2. The molecule has 0 saturated carbocycles. The second-order valence-electron chi connectivity index (χ2n) is 12.9. The van der Waals surface area contributed by atoms with Crippen molar-refractivity contribution < 1.29 is 177 Å². The summed E-state index contributed by atoms with van der Waals surface area (Å²) in [6.07, 6.45) is -21.9. The molecule has 0 N–H and O–H groups in total. The minimum Gasteiger partial charge on any atom is -0.463 e. The average molecular weight is 1110 g/mol. The molecule has 0 aromatic rings. The van der Waals surface area contributed by atoms with Crippen LogP contribution in [-0.4, -0.2) is 126 Å². The number of rotatable bonds is 21. The second-order valence-corrected chi connectivity index (χ2v) is 12.9. The minimum atomic E-state index is -8.99. The highest BCUT2D eigenvalue weighted by atomic mass is 19.4. The van der Waals surface area contributed by atoms with E-state index in [4.69, 9.17) is 0 Å². The summed E-state index contributed by atoms with van der Waals surface area (Å²) in [4.78, 5) is 22.1. The molecule has 0 atom stereocenters. The van der Waals surface area contributed by atoms with Crippen molar-refractivity contribution in [3.63, 3.8) is 0 Å². The molecule has 0 spiro atoms. The van der Waals surface area contributed by atoms with E-state index in [2.05, 4.69) is 22.6 Å². The number of halogens is 36. The first-order valence-corrected chi connectivity index (χ1v) is 16.0. The third kappa shape index (κ3) is 10.2. The van der Waals surface area contributed by atoms with Crippen LogP contribution in [0.1, 0.15) is 26.7 Å². The predicted octanol–water partition coefficient (Wildman–Crippen LogP) is 13.6. The monoisotopic (exact) mass is 1110 g/mol. The lowest BCUT2D eigenvalue weighted by Crippen LogP contribution is -2.75. The molecule has 410 valence electrons. The molecule has 69 heavy (non-hydrogen) atoms. The van der Waals surface area contributed by atoms with Crippen LogP contribution in [0.4, 0.5) is 158 Å². The van der Waals surface area contributed by atoms with E-state index in [9.17, 15) is 168 Å². The summed E-state index contributed by atoms with van der Waals surface area (Å²) in [5.74, 6) is -129. The highest BCUT2D eigenvalue weighted by Gasteiger charge is 2.98. The Morgan fingerprint density at radius 1 is 0.290 bits per heavy atom. The van der Waals surface area contributed by atoms with E-state index in [1.165, 1.54) is 0 Å². The Labute approximate surface area is 355 Å². The molecule has 0 radical (unpaired) electrons. The van der Waals surface area contributed by atoms with Crippen LogP contribution < -0.4 is 0 Å². The standard InChI is InChI=1S/C15H9F19O2.C14H9F17O2/c1-3-36-6(35)5(2)4-7(16,17)8(18,19)9(20,21)10(22,23)11(24,25)12(26,27)13(28,29)14(30,31)15(32,33)34;1-3-33-6(32)5(2)4-7(15,16)8(17,18)9(19,20)10(21,22)11(23,24)12(25,26)13(27,28)14(29,30)31/h2-4H2,1H3;2-4H2,1H3. The quantitative estimate of drug-likeness (QED) is 0.0653. The molecule has 0 saturated heterocycles. The molecule has 0 heterocycles. The summed E-state index contributed by atoms with van der Waals surface area (Å²) in [6, 6.07) is 0. The van der Waals surface area contributed by atoms with Gasteiger partial charge < -0.3 is 9.47 Å². The Morgan fingerprint density at radius 2 is 0.435 bits per heavy atom. The zero-order valence-electron chi connectivity index (χ0n) is 32.0. The highest BCUT2D eigenvalue weighted by Crippen LogP contribution is 2.67. The maximum atomic E-state index is 13.7. The van der Waals surface area contributed by atoms with Gasteiger partial charge in [0.2, 0.25) is 0 Å². The third-order valence-corrected chi connectivity index (χ3v) is 7.97. The van der Waals surface area contributed by atoms with Crippen molar-refractivity contribution in [2.24, 2.45) is 0 Å². The van der Waals surface area contributed by atoms with Gasteiger partial charge in [-0.1, -0.05) is 13.2 Å². The Bertz CT molecular complexity index is 1850. The van der Waals surface area contributed by atoms with Crippen molar-refractivity contribution in [3.8, 4) is 0 Å². The van der Waals surface area contributed by atoms with Crippen LogP contribution in [0.3, 0.4) is 0 Å². The molecule has 0 aliphatic heterocycles. The van der Waals surface area contributed by atoms with Gasteiger partial charge in [-0.05, 0) is 13.8 Å². The fourth-order valence-corrected chi connectivity index (χ4v) is 3.96. The molecule has 0 aliphatic carbocycles. The van der Waals surface area contributed by atoms with Crippen LogP contribution in [0, 0.1) is 0 Å². The molecule has 0 bridgehead atoms. The topological polar surface area (TPSA) is 52.6 Å². The van der Waals surface area contributed by atoms with E-state index in [0.29, 0.717) is 0 Å². The molecule has 0 unspecified atom stereocenters. The lowest BCUT2D eigenvalue weighted by atomic mass is 9.86. The zero-order chi connectivity index (χ0) is 57.1. The number of alkyl halides is 36. The highest BCUT2D eigenvalue weighted by molar-refractivity contribution is 5.88. The van der Waals surface area contributed by atoms with Gasteiger partial charge in [0.1, 0.15) is 0 Å². The van der Waals surface area contributed by atoms with Gasteiger partial charge in [0.25, 0.3) is 0 Å². The molecular formula is C29H18F36O4. The maximum Gasteiger partial charge on any atom is 0.460 e. The Balaban J connectivity index is 0. The van der Waals surface area contributed by atoms with E-state index in [1.807, 2.05) is 0 Å². The molecule has 0 aromatic heterocycles. The van der Waals surface area contributed by atoms with Gasteiger partial charge in [0.05, 0.1) is 13.2 Å². The molecule has 0 aliphatic rings. The lowest BCUT2D eigenvalue weighted by molar-refractivity contribution is -0.468. The van der Waals surface area contributed by atoms with Gasteiger partial charge in [0.15, 0.2) is 0 Å². The van der Waals surface area contributed by atoms with E-state index in [0.717, 1.165) is 13.8 Å². The van der Waals surface area contributed by atoms with Gasteiger partial charge in [-0.3, -0.25) is 0 Å². The molecule has 0 amide bonds. The van der Waals surface area contributed by atoms with Gasteiger partial charge >= 0.3 is 113 Å². The zero-order valence-corrected chi connectivity index (χ0v) is 32.0. The van der Waals surface area contributed by atoms with Gasteiger partial charge in [-0.25, -0.2) is 9.59 Å². The van der Waals surface area contributed by atoms with E-state index >= 15 is 0 Å². The van der Waals surface area contributed by atoms with E-state index in [-0.39, 0.29) is 0 Å². The van der Waals surface area contributed by atoms with Crippen molar-refractivity contribution in [2.45, 2.75) is 128 Å². The number of hydrogen-bond donors (Lipinski definition) is 0. The minimum absolute atomic E-state index is 0.664. The second kappa shape index (κ2) is 18.8. The number of esters is 2. The lowest BCUT2D eigenvalue weighted by Gasteiger charge is -2.43. The number of hydrogen-bond acceptors (Lipinski definition) is 4. The Morgan fingerprint density at radius 3 is 0.580 bits per heavy atom. The number of ether oxygens (including phenoxy) is 2. The first-order valence-electron chi connectivity index (χ1n) is 16.0. The fraction of sp³-hybridized carbons (Fsp3) is 0.793. The molecular weight excluding hydrogens is 1100 g/mol. The molecule has 40 heteroatoms. The summed E-state index contributed by atoms with van der Waals surface area (Å²) in [5, 5.41) is 0. The van der Waals surface area contributed by atoms with E-state index < -0.39 is 150 Å². The largest absolute Gasteiger partial charge is 0.463 e. The summed E-state index contributed by atoms with van der Waals surface area (Å²) >= 11 is 0. The van der Waals surface area contributed by atoms with Crippen molar-refractivity contribution in [2.75, 3.05) is 13.2 Å². The third-order valence-electron chi connectivity index (χ3n) is 7.97. The normalized spacial score (nSPS) is 15.6. The van der Waals surface area contributed by atoms with Crippen molar-refractivity contribution in [1.82, 2.24) is 0 Å². The Kier molecular flexibility index (Phi) is 18.3. The maximum absolute atomic E-state index is 13.7.